The van der Waals surface area contributed by atoms with Crippen molar-refractivity contribution < 1.29 is 4.74 Å². The molecule has 1 aromatic heterocycles. The number of anilines is 1. The lowest BCUT2D eigenvalue weighted by molar-refractivity contribution is 0.231. The molecule has 0 atom stereocenters. The van der Waals surface area contributed by atoms with Gasteiger partial charge in [-0.1, -0.05) is 0 Å². The lowest BCUT2D eigenvalue weighted by Crippen LogP contribution is -2.69. The Bertz CT molecular complexity index is 438. The predicted molar refractivity (Wildman–Crippen MR) is 69.7 cm³/mol. The van der Waals surface area contributed by atoms with Crippen molar-refractivity contribution in [2.75, 3.05) is 18.0 Å². The Morgan fingerprint density at radius 3 is 2.78 bits per heavy atom. The Labute approximate surface area is 107 Å². The van der Waals surface area contributed by atoms with Gasteiger partial charge in [-0.15, -0.1) is 0 Å². The van der Waals surface area contributed by atoms with E-state index in [2.05, 4.69) is 14.9 Å². The molecular formula is C13H20N4O. The molecule has 0 spiro atoms. The van der Waals surface area contributed by atoms with Crippen LogP contribution in [0.4, 0.5) is 5.95 Å². The number of hydrogen-bond acceptors (Lipinski definition) is 5. The summed E-state index contributed by atoms with van der Waals surface area (Å²) in [5.41, 5.74) is 6.32. The SMILES string of the molecule is CC(C)Oc1ccnc(N2CC(N)(C3CC3)C2)n1. The van der Waals surface area contributed by atoms with E-state index in [4.69, 9.17) is 10.5 Å². The summed E-state index contributed by atoms with van der Waals surface area (Å²) in [7, 11) is 0. The van der Waals surface area contributed by atoms with Crippen LogP contribution in [0.25, 0.3) is 0 Å². The quantitative estimate of drug-likeness (QED) is 0.867. The summed E-state index contributed by atoms with van der Waals surface area (Å²) in [6.45, 7) is 5.71. The molecule has 1 aliphatic heterocycles. The number of ether oxygens (including phenoxy) is 1. The smallest absolute Gasteiger partial charge is 0.228 e. The van der Waals surface area contributed by atoms with Gasteiger partial charge in [-0.2, -0.15) is 4.98 Å². The van der Waals surface area contributed by atoms with E-state index in [0.717, 1.165) is 19.0 Å². The second kappa shape index (κ2) is 4.09. The molecule has 18 heavy (non-hydrogen) atoms. The van der Waals surface area contributed by atoms with Crippen LogP contribution in [0.5, 0.6) is 5.88 Å². The number of hydrogen-bond donors (Lipinski definition) is 1. The van der Waals surface area contributed by atoms with E-state index in [1.54, 1.807) is 12.3 Å². The van der Waals surface area contributed by atoms with E-state index in [-0.39, 0.29) is 11.6 Å². The largest absolute Gasteiger partial charge is 0.475 e. The highest BCUT2D eigenvalue weighted by atomic mass is 16.5. The van der Waals surface area contributed by atoms with Crippen molar-refractivity contribution in [3.8, 4) is 5.88 Å². The van der Waals surface area contributed by atoms with E-state index in [0.29, 0.717) is 11.8 Å². The summed E-state index contributed by atoms with van der Waals surface area (Å²) in [6.07, 6.45) is 4.43. The Balaban J connectivity index is 1.66. The molecule has 2 fully saturated rings. The van der Waals surface area contributed by atoms with Crippen molar-refractivity contribution in [1.82, 2.24) is 9.97 Å². The van der Waals surface area contributed by atoms with Gasteiger partial charge in [0, 0.05) is 25.4 Å². The van der Waals surface area contributed by atoms with Gasteiger partial charge in [0.05, 0.1) is 11.6 Å². The van der Waals surface area contributed by atoms with Crippen molar-refractivity contribution in [1.29, 1.82) is 0 Å². The molecule has 98 valence electrons. The van der Waals surface area contributed by atoms with Crippen LogP contribution in [0.3, 0.4) is 0 Å². The minimum absolute atomic E-state index is 0.00172. The Morgan fingerprint density at radius 1 is 1.44 bits per heavy atom. The maximum absolute atomic E-state index is 6.33. The maximum Gasteiger partial charge on any atom is 0.228 e. The summed E-state index contributed by atoms with van der Waals surface area (Å²) in [4.78, 5) is 10.8. The predicted octanol–water partition coefficient (Wildman–Crippen LogP) is 1.19. The fourth-order valence-electron chi connectivity index (χ4n) is 2.51. The van der Waals surface area contributed by atoms with Crippen molar-refractivity contribution in [2.45, 2.75) is 38.3 Å². The molecule has 1 aromatic rings. The van der Waals surface area contributed by atoms with E-state index in [1.165, 1.54) is 12.8 Å². The normalized spacial score (nSPS) is 21.9. The minimum atomic E-state index is -0.00172. The molecular weight excluding hydrogens is 228 g/mol. The fraction of sp³-hybridized carbons (Fsp3) is 0.692. The molecule has 0 amide bonds. The molecule has 1 saturated carbocycles. The van der Waals surface area contributed by atoms with Crippen molar-refractivity contribution in [3.63, 3.8) is 0 Å². The van der Waals surface area contributed by atoms with Crippen LogP contribution in [0.2, 0.25) is 0 Å². The zero-order valence-electron chi connectivity index (χ0n) is 11.0. The molecule has 0 unspecified atom stereocenters. The van der Waals surface area contributed by atoms with Gasteiger partial charge >= 0.3 is 0 Å². The number of rotatable bonds is 4. The molecule has 2 aliphatic rings. The molecule has 2 N–H and O–H groups in total. The summed E-state index contributed by atoms with van der Waals surface area (Å²) < 4.78 is 5.58. The molecule has 5 heteroatoms. The van der Waals surface area contributed by atoms with Gasteiger partial charge in [0.15, 0.2) is 0 Å². The standard InChI is InChI=1S/C13H20N4O/c1-9(2)18-11-5-6-15-12(16-11)17-7-13(14,8-17)10-3-4-10/h5-6,9-10H,3-4,7-8,14H2,1-2H3. The average molecular weight is 248 g/mol. The third kappa shape index (κ3) is 2.14. The lowest BCUT2D eigenvalue weighted by Gasteiger charge is -2.48. The number of nitrogens with zero attached hydrogens (tertiary/aromatic N) is 3. The van der Waals surface area contributed by atoms with E-state index in [1.807, 2.05) is 13.8 Å². The maximum atomic E-state index is 6.33. The minimum Gasteiger partial charge on any atom is -0.475 e. The average Bonchev–Trinajstić information content (AvgIpc) is 3.08. The lowest BCUT2D eigenvalue weighted by atomic mass is 9.86. The molecule has 2 heterocycles. The van der Waals surface area contributed by atoms with Crippen LogP contribution >= 0.6 is 0 Å². The van der Waals surface area contributed by atoms with Crippen molar-refractivity contribution in [2.24, 2.45) is 11.7 Å². The Morgan fingerprint density at radius 2 is 2.17 bits per heavy atom. The molecule has 3 rings (SSSR count). The first-order valence-electron chi connectivity index (χ1n) is 6.60. The number of nitrogens with two attached hydrogens (primary N) is 1. The van der Waals surface area contributed by atoms with Gasteiger partial charge in [0.2, 0.25) is 11.8 Å². The highest BCUT2D eigenvalue weighted by molar-refractivity contribution is 5.40. The van der Waals surface area contributed by atoms with Crippen molar-refractivity contribution in [3.05, 3.63) is 12.3 Å². The van der Waals surface area contributed by atoms with Crippen LogP contribution in [0, 0.1) is 5.92 Å². The van der Waals surface area contributed by atoms with E-state index >= 15 is 0 Å². The van der Waals surface area contributed by atoms with Gasteiger partial charge in [-0.05, 0) is 32.6 Å². The van der Waals surface area contributed by atoms with Crippen LogP contribution in [-0.4, -0.2) is 34.7 Å². The summed E-state index contributed by atoms with van der Waals surface area (Å²) in [6, 6.07) is 1.79. The van der Waals surface area contributed by atoms with Crippen LogP contribution < -0.4 is 15.4 Å². The second-order valence-electron chi connectivity index (χ2n) is 5.72. The van der Waals surface area contributed by atoms with Crippen molar-refractivity contribution >= 4 is 5.95 Å². The molecule has 1 saturated heterocycles. The molecule has 5 nitrogen and oxygen atoms in total. The summed E-state index contributed by atoms with van der Waals surface area (Å²) in [5, 5.41) is 0. The van der Waals surface area contributed by atoms with Crippen LogP contribution in [0.15, 0.2) is 12.3 Å². The van der Waals surface area contributed by atoms with Gasteiger partial charge < -0.3 is 15.4 Å². The summed E-state index contributed by atoms with van der Waals surface area (Å²) >= 11 is 0. The fourth-order valence-corrected chi connectivity index (χ4v) is 2.51. The van der Waals surface area contributed by atoms with E-state index < -0.39 is 0 Å². The summed E-state index contributed by atoms with van der Waals surface area (Å²) in [5.74, 6) is 2.08. The van der Waals surface area contributed by atoms with Gasteiger partial charge in [0.25, 0.3) is 0 Å². The second-order valence-corrected chi connectivity index (χ2v) is 5.72. The topological polar surface area (TPSA) is 64.3 Å². The third-order valence-electron chi connectivity index (χ3n) is 3.62. The molecule has 0 aromatic carbocycles. The van der Waals surface area contributed by atoms with Gasteiger partial charge in [0.1, 0.15) is 0 Å². The molecule has 1 aliphatic carbocycles. The van der Waals surface area contributed by atoms with Gasteiger partial charge in [-0.25, -0.2) is 4.98 Å². The first kappa shape index (κ1) is 11.7. The first-order chi connectivity index (χ1) is 8.57. The zero-order chi connectivity index (χ0) is 12.8. The van der Waals surface area contributed by atoms with E-state index in [9.17, 15) is 0 Å². The Hall–Kier alpha value is -1.36. The Kier molecular flexibility index (Phi) is 2.66. The highest BCUT2D eigenvalue weighted by Crippen LogP contribution is 2.43. The van der Waals surface area contributed by atoms with Crippen LogP contribution in [-0.2, 0) is 0 Å². The monoisotopic (exact) mass is 248 g/mol. The zero-order valence-corrected chi connectivity index (χ0v) is 11.0. The molecule has 0 bridgehead atoms. The highest BCUT2D eigenvalue weighted by Gasteiger charge is 2.51. The van der Waals surface area contributed by atoms with Crippen LogP contribution in [0.1, 0.15) is 26.7 Å². The third-order valence-corrected chi connectivity index (χ3v) is 3.62. The van der Waals surface area contributed by atoms with Gasteiger partial charge in [-0.3, -0.25) is 0 Å². The first-order valence-corrected chi connectivity index (χ1v) is 6.60. The number of aromatic nitrogens is 2. The molecule has 0 radical (unpaired) electrons.